The van der Waals surface area contributed by atoms with Crippen LogP contribution in [-0.4, -0.2) is 37.6 Å². The first kappa shape index (κ1) is 13.7. The van der Waals surface area contributed by atoms with Crippen molar-refractivity contribution in [1.82, 2.24) is 4.31 Å². The summed E-state index contributed by atoms with van der Waals surface area (Å²) < 4.78 is 26.1. The van der Waals surface area contributed by atoms with Crippen molar-refractivity contribution in [1.29, 1.82) is 0 Å². The monoisotopic (exact) mass is 286 g/mol. The van der Waals surface area contributed by atoms with E-state index in [0.717, 1.165) is 18.7 Å². The second-order valence-electron chi connectivity index (χ2n) is 4.36. The molecule has 1 saturated heterocycles. The molecule has 0 bridgehead atoms. The van der Waals surface area contributed by atoms with E-state index in [1.54, 1.807) is 24.3 Å². The molecule has 0 aliphatic carbocycles. The predicted molar refractivity (Wildman–Crippen MR) is 76.8 cm³/mol. The van der Waals surface area contributed by atoms with Gasteiger partial charge in [-0.05, 0) is 37.6 Å². The minimum atomic E-state index is -3.35. The van der Waals surface area contributed by atoms with E-state index in [-0.39, 0.29) is 5.25 Å². The fourth-order valence-corrected chi connectivity index (χ4v) is 3.95. The van der Waals surface area contributed by atoms with Crippen molar-refractivity contribution in [3.8, 4) is 0 Å². The fraction of sp³-hybridized carbons (Fsp3) is 0.500. The average molecular weight is 286 g/mol. The molecule has 0 saturated carbocycles. The van der Waals surface area contributed by atoms with Gasteiger partial charge in [0.2, 0.25) is 10.0 Å². The zero-order chi connectivity index (χ0) is 13.2. The van der Waals surface area contributed by atoms with Crippen LogP contribution in [-0.2, 0) is 10.0 Å². The van der Waals surface area contributed by atoms with Crippen molar-refractivity contribution < 1.29 is 8.42 Å². The zero-order valence-corrected chi connectivity index (χ0v) is 12.0. The van der Waals surface area contributed by atoms with Gasteiger partial charge in [-0.1, -0.05) is 0 Å². The molecule has 1 fully saturated rings. The van der Waals surface area contributed by atoms with Gasteiger partial charge in [0.1, 0.15) is 0 Å². The molecule has 0 amide bonds. The van der Waals surface area contributed by atoms with Gasteiger partial charge in [0.05, 0.1) is 4.90 Å². The summed E-state index contributed by atoms with van der Waals surface area (Å²) in [5.41, 5.74) is 0.935. The van der Waals surface area contributed by atoms with E-state index < -0.39 is 10.0 Å². The van der Waals surface area contributed by atoms with Crippen LogP contribution in [0.3, 0.4) is 0 Å². The number of anilines is 1. The largest absolute Gasteiger partial charge is 0.385 e. The minimum absolute atomic E-state index is 0.154. The van der Waals surface area contributed by atoms with Crippen molar-refractivity contribution >= 4 is 28.3 Å². The van der Waals surface area contributed by atoms with Gasteiger partial charge < -0.3 is 5.32 Å². The SMILES string of the molecule is CCNc1ccc(S(=O)(=O)N2CC[C@H](S)C2)cc1. The van der Waals surface area contributed by atoms with E-state index in [0.29, 0.717) is 18.0 Å². The van der Waals surface area contributed by atoms with Gasteiger partial charge in [0, 0.05) is 30.6 Å². The molecule has 1 aromatic carbocycles. The Bertz CT molecular complexity index is 499. The Morgan fingerprint density at radius 2 is 2.06 bits per heavy atom. The predicted octanol–water partition coefficient (Wildman–Crippen LogP) is 1.81. The minimum Gasteiger partial charge on any atom is -0.385 e. The van der Waals surface area contributed by atoms with E-state index in [1.807, 2.05) is 6.92 Å². The second-order valence-corrected chi connectivity index (χ2v) is 7.03. The summed E-state index contributed by atoms with van der Waals surface area (Å²) in [5.74, 6) is 0. The van der Waals surface area contributed by atoms with Crippen LogP contribution < -0.4 is 5.32 Å². The lowest BCUT2D eigenvalue weighted by Crippen LogP contribution is -2.29. The Morgan fingerprint density at radius 1 is 1.39 bits per heavy atom. The maximum absolute atomic E-state index is 12.3. The standard InChI is InChI=1S/C12H18N2O2S2/c1-2-13-10-3-5-12(6-4-10)18(15,16)14-8-7-11(17)9-14/h3-6,11,13,17H,2,7-9H2,1H3/t11-/m0/s1. The highest BCUT2D eigenvalue weighted by Crippen LogP contribution is 2.24. The van der Waals surface area contributed by atoms with Crippen LogP contribution in [0.1, 0.15) is 13.3 Å². The summed E-state index contributed by atoms with van der Waals surface area (Å²) in [5, 5.41) is 3.30. The number of hydrogen-bond acceptors (Lipinski definition) is 4. The third kappa shape index (κ3) is 2.81. The molecule has 1 atom stereocenters. The van der Waals surface area contributed by atoms with Gasteiger partial charge >= 0.3 is 0 Å². The van der Waals surface area contributed by atoms with E-state index in [4.69, 9.17) is 0 Å². The van der Waals surface area contributed by atoms with Crippen LogP contribution in [0.2, 0.25) is 0 Å². The molecule has 1 aromatic rings. The third-order valence-electron chi connectivity index (χ3n) is 3.00. The van der Waals surface area contributed by atoms with Crippen molar-refractivity contribution in [2.75, 3.05) is 25.0 Å². The third-order valence-corrected chi connectivity index (χ3v) is 5.30. The lowest BCUT2D eigenvalue weighted by atomic mass is 10.3. The zero-order valence-electron chi connectivity index (χ0n) is 10.3. The smallest absolute Gasteiger partial charge is 0.243 e. The summed E-state index contributed by atoms with van der Waals surface area (Å²) in [7, 11) is -3.35. The molecule has 100 valence electrons. The summed E-state index contributed by atoms with van der Waals surface area (Å²) in [6.07, 6.45) is 0.817. The highest BCUT2D eigenvalue weighted by molar-refractivity contribution is 7.89. The fourth-order valence-electron chi connectivity index (χ4n) is 2.03. The molecule has 0 aromatic heterocycles. The summed E-state index contributed by atoms with van der Waals surface area (Å²) in [6.45, 7) is 3.88. The molecule has 18 heavy (non-hydrogen) atoms. The van der Waals surface area contributed by atoms with Crippen molar-refractivity contribution in [3.63, 3.8) is 0 Å². The summed E-state index contributed by atoms with van der Waals surface area (Å²) >= 11 is 4.32. The number of thiol groups is 1. The summed E-state index contributed by atoms with van der Waals surface area (Å²) in [6, 6.07) is 6.90. The number of sulfonamides is 1. The van der Waals surface area contributed by atoms with Gasteiger partial charge in [0.25, 0.3) is 0 Å². The molecule has 2 rings (SSSR count). The van der Waals surface area contributed by atoms with Crippen LogP contribution in [0, 0.1) is 0 Å². The topological polar surface area (TPSA) is 49.4 Å². The molecule has 1 aliphatic rings. The van der Waals surface area contributed by atoms with Crippen LogP contribution in [0.15, 0.2) is 29.2 Å². The van der Waals surface area contributed by atoms with Gasteiger partial charge in [0.15, 0.2) is 0 Å². The van der Waals surface area contributed by atoms with Gasteiger partial charge in [-0.15, -0.1) is 0 Å². The van der Waals surface area contributed by atoms with E-state index in [9.17, 15) is 8.42 Å². The van der Waals surface area contributed by atoms with Crippen LogP contribution >= 0.6 is 12.6 Å². The Kier molecular flexibility index (Phi) is 4.19. The number of nitrogens with zero attached hydrogens (tertiary/aromatic N) is 1. The molecule has 6 heteroatoms. The first-order valence-corrected chi connectivity index (χ1v) is 8.02. The van der Waals surface area contributed by atoms with Crippen LogP contribution in [0.4, 0.5) is 5.69 Å². The Morgan fingerprint density at radius 3 is 2.56 bits per heavy atom. The Balaban J connectivity index is 2.19. The van der Waals surface area contributed by atoms with Crippen molar-refractivity contribution in [2.24, 2.45) is 0 Å². The second kappa shape index (κ2) is 5.50. The molecular weight excluding hydrogens is 268 g/mol. The Labute approximate surface area is 114 Å². The normalized spacial score (nSPS) is 21.1. The van der Waals surface area contributed by atoms with E-state index >= 15 is 0 Å². The maximum Gasteiger partial charge on any atom is 0.243 e. The highest BCUT2D eigenvalue weighted by Gasteiger charge is 2.30. The molecule has 1 N–H and O–H groups in total. The van der Waals surface area contributed by atoms with Crippen molar-refractivity contribution in [2.45, 2.75) is 23.5 Å². The Hall–Kier alpha value is -0.720. The van der Waals surface area contributed by atoms with Gasteiger partial charge in [-0.25, -0.2) is 8.42 Å². The molecule has 1 heterocycles. The average Bonchev–Trinajstić information content (AvgIpc) is 2.78. The molecule has 1 aliphatic heterocycles. The number of rotatable bonds is 4. The molecule has 4 nitrogen and oxygen atoms in total. The molecule has 0 spiro atoms. The maximum atomic E-state index is 12.3. The van der Waals surface area contributed by atoms with E-state index in [2.05, 4.69) is 17.9 Å². The van der Waals surface area contributed by atoms with Crippen LogP contribution in [0.5, 0.6) is 0 Å². The molecule has 0 radical (unpaired) electrons. The van der Waals surface area contributed by atoms with Crippen molar-refractivity contribution in [3.05, 3.63) is 24.3 Å². The molecular formula is C12H18N2O2S2. The van der Waals surface area contributed by atoms with Crippen LogP contribution in [0.25, 0.3) is 0 Å². The first-order chi connectivity index (χ1) is 8.54. The first-order valence-electron chi connectivity index (χ1n) is 6.06. The lowest BCUT2D eigenvalue weighted by Gasteiger charge is -2.16. The number of benzene rings is 1. The molecule has 0 unspecified atom stereocenters. The van der Waals surface area contributed by atoms with Gasteiger partial charge in [-0.3, -0.25) is 0 Å². The quantitative estimate of drug-likeness (QED) is 0.830. The summed E-state index contributed by atoms with van der Waals surface area (Å²) in [4.78, 5) is 0.353. The number of nitrogens with one attached hydrogen (secondary N) is 1. The lowest BCUT2D eigenvalue weighted by molar-refractivity contribution is 0.478. The number of hydrogen-bond donors (Lipinski definition) is 2. The highest BCUT2D eigenvalue weighted by atomic mass is 32.2. The van der Waals surface area contributed by atoms with Gasteiger partial charge in [-0.2, -0.15) is 16.9 Å². The van der Waals surface area contributed by atoms with E-state index in [1.165, 1.54) is 4.31 Å².